The highest BCUT2D eigenvalue weighted by molar-refractivity contribution is 5.75. The average molecular weight is 280 g/mol. The normalized spacial score (nSPS) is 30.6. The summed E-state index contributed by atoms with van der Waals surface area (Å²) in [6, 6.07) is 1.31. The first-order chi connectivity index (χ1) is 9.69. The molecule has 1 aliphatic rings. The molecule has 3 heterocycles. The van der Waals surface area contributed by atoms with Gasteiger partial charge in [0.1, 0.15) is 24.0 Å². The maximum Gasteiger partial charge on any atom is 0.225 e. The summed E-state index contributed by atoms with van der Waals surface area (Å²) < 4.78 is 5.28. The van der Waals surface area contributed by atoms with E-state index in [1.807, 2.05) is 6.07 Å². The van der Waals surface area contributed by atoms with Crippen molar-refractivity contribution in [3.8, 4) is 0 Å². The van der Waals surface area contributed by atoms with Crippen LogP contribution in [-0.4, -0.2) is 67.8 Å². The first kappa shape index (κ1) is 13.3. The van der Waals surface area contributed by atoms with Crippen molar-refractivity contribution in [2.75, 3.05) is 18.5 Å². The van der Waals surface area contributed by atoms with E-state index in [1.54, 1.807) is 12.4 Å². The largest absolute Gasteiger partial charge is 0.394 e. The molecule has 1 fully saturated rings. The number of aromatic nitrogens is 3. The molecule has 8 nitrogen and oxygen atoms in total. The lowest BCUT2D eigenvalue weighted by molar-refractivity contribution is -0.152. The van der Waals surface area contributed by atoms with Gasteiger partial charge in [-0.15, -0.1) is 0 Å². The predicted molar refractivity (Wildman–Crippen MR) is 70.1 cm³/mol. The first-order valence-electron chi connectivity index (χ1n) is 6.34. The van der Waals surface area contributed by atoms with Crippen LogP contribution in [0.1, 0.15) is 0 Å². The van der Waals surface area contributed by atoms with Gasteiger partial charge < -0.3 is 30.4 Å². The molecule has 20 heavy (non-hydrogen) atoms. The summed E-state index contributed by atoms with van der Waals surface area (Å²) >= 11 is 0. The van der Waals surface area contributed by atoms with Gasteiger partial charge in [-0.3, -0.25) is 0 Å². The molecule has 0 aromatic carbocycles. The fourth-order valence-electron chi connectivity index (χ4n) is 2.24. The van der Waals surface area contributed by atoms with Gasteiger partial charge in [-0.25, -0.2) is 4.98 Å². The number of fused-ring (bicyclic) bond motifs is 1. The molecule has 1 aliphatic heterocycles. The fourth-order valence-corrected chi connectivity index (χ4v) is 2.24. The van der Waals surface area contributed by atoms with Gasteiger partial charge in [0.05, 0.1) is 19.3 Å². The number of ether oxygens (including phenoxy) is 1. The van der Waals surface area contributed by atoms with E-state index in [9.17, 15) is 10.2 Å². The third kappa shape index (κ3) is 2.34. The topological polar surface area (TPSA) is 124 Å². The Morgan fingerprint density at radius 3 is 3.05 bits per heavy atom. The summed E-state index contributed by atoms with van der Waals surface area (Å²) in [6.45, 7) is -0.189. The van der Waals surface area contributed by atoms with E-state index in [1.165, 1.54) is 0 Å². The smallest absolute Gasteiger partial charge is 0.225 e. The number of anilines is 1. The summed E-state index contributed by atoms with van der Waals surface area (Å²) in [4.78, 5) is 11.4. The van der Waals surface area contributed by atoms with Crippen LogP contribution in [0.25, 0.3) is 11.0 Å². The number of nitrogens with one attached hydrogen (secondary N) is 2. The van der Waals surface area contributed by atoms with Crippen LogP contribution >= 0.6 is 0 Å². The van der Waals surface area contributed by atoms with Crippen molar-refractivity contribution >= 4 is 17.0 Å². The van der Waals surface area contributed by atoms with Crippen LogP contribution in [0.5, 0.6) is 0 Å². The molecule has 2 aromatic rings. The van der Waals surface area contributed by atoms with E-state index in [2.05, 4.69) is 20.3 Å². The van der Waals surface area contributed by atoms with Crippen molar-refractivity contribution < 1.29 is 20.1 Å². The molecule has 0 aliphatic carbocycles. The Bertz CT molecular complexity index is 590. The third-order valence-electron chi connectivity index (χ3n) is 3.43. The summed E-state index contributed by atoms with van der Waals surface area (Å²) in [7, 11) is 0. The van der Waals surface area contributed by atoms with E-state index in [4.69, 9.17) is 9.84 Å². The summed E-state index contributed by atoms with van der Waals surface area (Å²) in [5.74, 6) is 0.335. The van der Waals surface area contributed by atoms with Crippen LogP contribution < -0.4 is 5.32 Å². The maximum atomic E-state index is 10.0. The Kier molecular flexibility index (Phi) is 3.53. The number of H-pyrrole nitrogens is 1. The molecule has 0 amide bonds. The quantitative estimate of drug-likeness (QED) is 0.481. The zero-order chi connectivity index (χ0) is 14.1. The number of aliphatic hydroxyl groups is 3. The maximum absolute atomic E-state index is 10.0. The molecule has 4 atom stereocenters. The summed E-state index contributed by atoms with van der Waals surface area (Å²) in [5, 5.41) is 32.6. The molecule has 0 unspecified atom stereocenters. The second kappa shape index (κ2) is 5.33. The number of hydrogen-bond acceptors (Lipinski definition) is 7. The van der Waals surface area contributed by atoms with Gasteiger partial charge >= 0.3 is 0 Å². The molecule has 2 aromatic heterocycles. The monoisotopic (exact) mass is 280 g/mol. The summed E-state index contributed by atoms with van der Waals surface area (Å²) in [6.07, 6.45) is 0.431. The third-order valence-corrected chi connectivity index (χ3v) is 3.43. The van der Waals surface area contributed by atoms with Gasteiger partial charge in [-0.1, -0.05) is 0 Å². The van der Waals surface area contributed by atoms with Crippen LogP contribution in [0.3, 0.4) is 0 Å². The zero-order valence-electron chi connectivity index (χ0n) is 10.6. The van der Waals surface area contributed by atoms with E-state index in [0.29, 0.717) is 11.6 Å². The van der Waals surface area contributed by atoms with E-state index in [-0.39, 0.29) is 13.2 Å². The molecule has 0 bridgehead atoms. The highest BCUT2D eigenvalue weighted by Crippen LogP contribution is 2.18. The van der Waals surface area contributed by atoms with E-state index < -0.39 is 24.4 Å². The lowest BCUT2D eigenvalue weighted by Gasteiger charge is -2.37. The van der Waals surface area contributed by atoms with Crippen LogP contribution in [-0.2, 0) is 4.74 Å². The predicted octanol–water partition coefficient (Wildman–Crippen LogP) is -1.15. The molecule has 5 N–H and O–H groups in total. The van der Waals surface area contributed by atoms with E-state index >= 15 is 0 Å². The molecular formula is C12H16N4O4. The number of aromatic amines is 1. The number of hydrogen-bond donors (Lipinski definition) is 5. The highest BCUT2D eigenvalue weighted by atomic mass is 16.5. The zero-order valence-corrected chi connectivity index (χ0v) is 10.6. The Labute approximate surface area is 114 Å². The van der Waals surface area contributed by atoms with Crippen molar-refractivity contribution in [3.05, 3.63) is 18.5 Å². The van der Waals surface area contributed by atoms with Gasteiger partial charge in [0.15, 0.2) is 0 Å². The number of rotatable bonds is 3. The van der Waals surface area contributed by atoms with Gasteiger partial charge in [-0.05, 0) is 6.07 Å². The Balaban J connectivity index is 1.73. The number of aliphatic hydroxyl groups excluding tert-OH is 3. The SMILES string of the molecule is OC[C@H]1OC[C@H](Nc2ncc3cc[nH]c3n2)[C@@H](O)[C@H]1O. The van der Waals surface area contributed by atoms with Crippen molar-refractivity contribution in [3.63, 3.8) is 0 Å². The average Bonchev–Trinajstić information content (AvgIpc) is 2.92. The lowest BCUT2D eigenvalue weighted by atomic mass is 9.98. The van der Waals surface area contributed by atoms with Crippen molar-refractivity contribution in [1.82, 2.24) is 15.0 Å². The van der Waals surface area contributed by atoms with E-state index in [0.717, 1.165) is 5.39 Å². The molecule has 8 heteroatoms. The van der Waals surface area contributed by atoms with Gasteiger partial charge in [-0.2, -0.15) is 4.98 Å². The molecule has 3 rings (SSSR count). The fraction of sp³-hybridized carbons (Fsp3) is 0.500. The minimum atomic E-state index is -1.15. The molecular weight excluding hydrogens is 264 g/mol. The Morgan fingerprint density at radius 1 is 1.40 bits per heavy atom. The Morgan fingerprint density at radius 2 is 2.25 bits per heavy atom. The molecule has 0 radical (unpaired) electrons. The second-order valence-corrected chi connectivity index (χ2v) is 4.76. The minimum absolute atomic E-state index is 0.148. The second-order valence-electron chi connectivity index (χ2n) is 4.76. The van der Waals surface area contributed by atoms with Crippen LogP contribution in [0.15, 0.2) is 18.5 Å². The lowest BCUT2D eigenvalue weighted by Crippen LogP contribution is -2.56. The molecule has 108 valence electrons. The van der Waals surface area contributed by atoms with Crippen molar-refractivity contribution in [1.29, 1.82) is 0 Å². The van der Waals surface area contributed by atoms with Crippen LogP contribution in [0.2, 0.25) is 0 Å². The Hall–Kier alpha value is -1.74. The summed E-state index contributed by atoms with van der Waals surface area (Å²) in [5.41, 5.74) is 0.683. The molecule has 1 saturated heterocycles. The van der Waals surface area contributed by atoms with Gasteiger partial charge in [0.25, 0.3) is 0 Å². The number of nitrogens with zero attached hydrogens (tertiary/aromatic N) is 2. The standard InChI is InChI=1S/C12H16N4O4/c17-4-8-10(19)9(18)7(5-20-8)15-12-14-3-6-1-2-13-11(6)16-12/h1-3,7-10,17-19H,4-5H2,(H2,13,14,15,16)/t7-,8+,9+,10-/m0/s1. The highest BCUT2D eigenvalue weighted by Gasteiger charge is 2.38. The first-order valence-corrected chi connectivity index (χ1v) is 6.34. The molecule has 0 spiro atoms. The van der Waals surface area contributed by atoms with Crippen molar-refractivity contribution in [2.45, 2.75) is 24.4 Å². The van der Waals surface area contributed by atoms with Gasteiger partial charge in [0, 0.05) is 17.8 Å². The minimum Gasteiger partial charge on any atom is -0.394 e. The molecule has 0 saturated carbocycles. The van der Waals surface area contributed by atoms with Gasteiger partial charge in [0.2, 0.25) is 5.95 Å². The van der Waals surface area contributed by atoms with Crippen LogP contribution in [0, 0.1) is 0 Å². The van der Waals surface area contributed by atoms with Crippen LogP contribution in [0.4, 0.5) is 5.95 Å². The van der Waals surface area contributed by atoms with Crippen molar-refractivity contribution in [2.24, 2.45) is 0 Å².